The van der Waals surface area contributed by atoms with Crippen LogP contribution in [0, 0.1) is 6.92 Å². The Balaban J connectivity index is 1.63. The van der Waals surface area contributed by atoms with E-state index in [4.69, 9.17) is 4.74 Å². The van der Waals surface area contributed by atoms with Crippen molar-refractivity contribution in [3.8, 4) is 11.3 Å². The molecule has 0 atom stereocenters. The van der Waals surface area contributed by atoms with Crippen molar-refractivity contribution in [3.63, 3.8) is 0 Å². The van der Waals surface area contributed by atoms with E-state index in [2.05, 4.69) is 20.4 Å². The molecule has 28 heavy (non-hydrogen) atoms. The zero-order valence-electron chi connectivity index (χ0n) is 16.2. The number of carbonyl (C=O) groups is 1. The summed E-state index contributed by atoms with van der Waals surface area (Å²) in [5.41, 5.74) is 3.33. The van der Waals surface area contributed by atoms with Crippen molar-refractivity contribution in [1.82, 2.24) is 29.2 Å². The van der Waals surface area contributed by atoms with Gasteiger partial charge in [-0.25, -0.2) is 9.97 Å². The molecular weight excluding hydrogens is 358 g/mol. The van der Waals surface area contributed by atoms with Gasteiger partial charge in [0.25, 0.3) is 5.91 Å². The van der Waals surface area contributed by atoms with Crippen molar-refractivity contribution in [3.05, 3.63) is 42.0 Å². The van der Waals surface area contributed by atoms with E-state index in [0.717, 1.165) is 29.2 Å². The number of aryl methyl sites for hydroxylation is 2. The Hall–Kier alpha value is -3.20. The highest BCUT2D eigenvalue weighted by molar-refractivity contribution is 5.95. The second-order valence-corrected chi connectivity index (χ2v) is 6.78. The first-order chi connectivity index (χ1) is 13.6. The third-order valence-corrected chi connectivity index (χ3v) is 4.88. The fourth-order valence-electron chi connectivity index (χ4n) is 3.32. The van der Waals surface area contributed by atoms with E-state index in [9.17, 15) is 4.79 Å². The molecule has 0 aliphatic carbocycles. The molecule has 1 aliphatic rings. The molecule has 0 spiro atoms. The molecular formula is C19H23N7O2. The van der Waals surface area contributed by atoms with E-state index in [1.807, 2.05) is 41.8 Å². The monoisotopic (exact) mass is 381 g/mol. The van der Waals surface area contributed by atoms with E-state index in [-0.39, 0.29) is 5.91 Å². The van der Waals surface area contributed by atoms with E-state index >= 15 is 0 Å². The van der Waals surface area contributed by atoms with Gasteiger partial charge in [-0.05, 0) is 18.6 Å². The van der Waals surface area contributed by atoms with Gasteiger partial charge in [0, 0.05) is 57.8 Å². The lowest BCUT2D eigenvalue weighted by atomic mass is 10.1. The van der Waals surface area contributed by atoms with Gasteiger partial charge in [-0.3, -0.25) is 9.48 Å². The van der Waals surface area contributed by atoms with E-state index < -0.39 is 0 Å². The largest absolute Gasteiger partial charge is 0.383 e. The molecule has 1 amide bonds. The van der Waals surface area contributed by atoms with Crippen LogP contribution in [0.4, 0.5) is 11.8 Å². The third kappa shape index (κ3) is 3.36. The van der Waals surface area contributed by atoms with Crippen LogP contribution in [0.3, 0.4) is 0 Å². The Bertz CT molecular complexity index is 1010. The van der Waals surface area contributed by atoms with Crippen LogP contribution >= 0.6 is 0 Å². The lowest BCUT2D eigenvalue weighted by molar-refractivity contribution is 0.0641. The minimum absolute atomic E-state index is 0.0227. The summed E-state index contributed by atoms with van der Waals surface area (Å²) in [7, 11) is 3.49. The fraction of sp³-hybridized carbons (Fsp3) is 0.368. The SMILES string of the molecule is COCCN1CCn2cc(-c3nc(Nc4ccnn4C)ncc3C)cc2C1=O. The van der Waals surface area contributed by atoms with Gasteiger partial charge in [0.2, 0.25) is 5.95 Å². The molecule has 146 valence electrons. The summed E-state index contributed by atoms with van der Waals surface area (Å²) < 4.78 is 8.82. The van der Waals surface area contributed by atoms with Gasteiger partial charge in [0.05, 0.1) is 18.5 Å². The van der Waals surface area contributed by atoms with Crippen molar-refractivity contribution in [1.29, 1.82) is 0 Å². The smallest absolute Gasteiger partial charge is 0.270 e. The molecule has 0 saturated heterocycles. The molecule has 9 heteroatoms. The van der Waals surface area contributed by atoms with Gasteiger partial charge >= 0.3 is 0 Å². The van der Waals surface area contributed by atoms with Crippen molar-refractivity contribution < 1.29 is 9.53 Å². The highest BCUT2D eigenvalue weighted by Gasteiger charge is 2.25. The molecule has 0 saturated carbocycles. The number of anilines is 2. The average Bonchev–Trinajstić information content (AvgIpc) is 3.30. The first-order valence-corrected chi connectivity index (χ1v) is 9.14. The first kappa shape index (κ1) is 18.2. The predicted octanol–water partition coefficient (Wildman–Crippen LogP) is 1.83. The first-order valence-electron chi connectivity index (χ1n) is 9.14. The zero-order chi connectivity index (χ0) is 19.7. The minimum atomic E-state index is 0.0227. The van der Waals surface area contributed by atoms with Gasteiger partial charge in [0.1, 0.15) is 11.5 Å². The number of carbonyl (C=O) groups excluding carboxylic acids is 1. The summed E-state index contributed by atoms with van der Waals surface area (Å²) in [6.07, 6.45) is 5.48. The van der Waals surface area contributed by atoms with Crippen LogP contribution in [0.5, 0.6) is 0 Å². The summed E-state index contributed by atoms with van der Waals surface area (Å²) in [6.45, 7) is 4.54. The summed E-state index contributed by atoms with van der Waals surface area (Å²) in [4.78, 5) is 23.6. The quantitative estimate of drug-likeness (QED) is 0.701. The molecule has 0 bridgehead atoms. The summed E-state index contributed by atoms with van der Waals surface area (Å²) >= 11 is 0. The molecule has 0 aromatic carbocycles. The van der Waals surface area contributed by atoms with E-state index in [1.165, 1.54) is 0 Å². The van der Waals surface area contributed by atoms with Gasteiger partial charge in [0.15, 0.2) is 0 Å². The van der Waals surface area contributed by atoms with Crippen molar-refractivity contribution in [2.75, 3.05) is 32.1 Å². The Labute approximate surface area is 163 Å². The maximum Gasteiger partial charge on any atom is 0.270 e. The molecule has 0 radical (unpaired) electrons. The van der Waals surface area contributed by atoms with Crippen LogP contribution in [0.15, 0.2) is 30.7 Å². The number of hydrogen-bond acceptors (Lipinski definition) is 6. The lowest BCUT2D eigenvalue weighted by Crippen LogP contribution is -2.41. The Morgan fingerprint density at radius 1 is 1.32 bits per heavy atom. The number of nitrogens with zero attached hydrogens (tertiary/aromatic N) is 6. The van der Waals surface area contributed by atoms with Crippen LogP contribution in [0.1, 0.15) is 16.1 Å². The Morgan fingerprint density at radius 2 is 2.18 bits per heavy atom. The maximum atomic E-state index is 12.8. The number of fused-ring (bicyclic) bond motifs is 1. The topological polar surface area (TPSA) is 90.1 Å². The summed E-state index contributed by atoms with van der Waals surface area (Å²) in [6, 6.07) is 3.76. The van der Waals surface area contributed by atoms with Crippen LogP contribution in [-0.2, 0) is 18.3 Å². The molecule has 3 aromatic rings. The second-order valence-electron chi connectivity index (χ2n) is 6.78. The molecule has 0 unspecified atom stereocenters. The van der Waals surface area contributed by atoms with Crippen molar-refractivity contribution >= 4 is 17.7 Å². The number of aromatic nitrogens is 5. The molecule has 1 N–H and O–H groups in total. The molecule has 9 nitrogen and oxygen atoms in total. The highest BCUT2D eigenvalue weighted by atomic mass is 16.5. The fourth-order valence-corrected chi connectivity index (χ4v) is 3.32. The van der Waals surface area contributed by atoms with E-state index in [1.54, 1.807) is 24.2 Å². The van der Waals surface area contributed by atoms with Gasteiger partial charge in [-0.1, -0.05) is 0 Å². The average molecular weight is 381 g/mol. The Morgan fingerprint density at radius 3 is 2.93 bits per heavy atom. The number of rotatable bonds is 6. The maximum absolute atomic E-state index is 12.8. The van der Waals surface area contributed by atoms with Crippen molar-refractivity contribution in [2.24, 2.45) is 7.05 Å². The van der Waals surface area contributed by atoms with Gasteiger partial charge < -0.3 is 19.5 Å². The minimum Gasteiger partial charge on any atom is -0.383 e. The molecule has 4 rings (SSSR count). The van der Waals surface area contributed by atoms with Crippen molar-refractivity contribution in [2.45, 2.75) is 13.5 Å². The number of nitrogens with one attached hydrogen (secondary N) is 1. The number of ether oxygens (including phenoxy) is 1. The van der Waals surface area contributed by atoms with Gasteiger partial charge in [-0.15, -0.1) is 0 Å². The number of hydrogen-bond donors (Lipinski definition) is 1. The standard InChI is InChI=1S/C19H23N7O2/c1-13-11-20-19(22-16-4-5-21-24(16)2)23-17(13)14-10-15-18(27)25(8-9-28-3)6-7-26(15)12-14/h4-5,10-12H,6-9H2,1-3H3,(H,20,22,23). The second kappa shape index (κ2) is 7.43. The zero-order valence-corrected chi connectivity index (χ0v) is 16.2. The predicted molar refractivity (Wildman–Crippen MR) is 104 cm³/mol. The number of methoxy groups -OCH3 is 1. The van der Waals surface area contributed by atoms with Crippen LogP contribution < -0.4 is 5.32 Å². The molecule has 3 aromatic heterocycles. The summed E-state index contributed by atoms with van der Waals surface area (Å²) in [5, 5.41) is 7.31. The molecule has 4 heterocycles. The Kier molecular flexibility index (Phi) is 4.82. The number of amides is 1. The van der Waals surface area contributed by atoms with Gasteiger partial charge in [-0.2, -0.15) is 5.10 Å². The lowest BCUT2D eigenvalue weighted by Gasteiger charge is -2.27. The summed E-state index contributed by atoms with van der Waals surface area (Å²) in [5.74, 6) is 1.31. The van der Waals surface area contributed by atoms with Crippen LogP contribution in [-0.4, -0.2) is 61.9 Å². The molecule has 0 fully saturated rings. The van der Waals surface area contributed by atoms with Crippen LogP contribution in [0.2, 0.25) is 0 Å². The van der Waals surface area contributed by atoms with Crippen LogP contribution in [0.25, 0.3) is 11.3 Å². The molecule has 1 aliphatic heterocycles. The van der Waals surface area contributed by atoms with E-state index in [0.29, 0.717) is 31.3 Å². The highest BCUT2D eigenvalue weighted by Crippen LogP contribution is 2.27. The normalized spacial score (nSPS) is 13.7. The third-order valence-electron chi connectivity index (χ3n) is 4.88.